The molecule has 0 saturated heterocycles. The van der Waals surface area contributed by atoms with E-state index in [1.165, 1.54) is 45.7 Å². The van der Waals surface area contributed by atoms with Crippen molar-refractivity contribution in [3.8, 4) is 5.75 Å². The van der Waals surface area contributed by atoms with E-state index in [9.17, 15) is 52.5 Å². The first-order valence-electron chi connectivity index (χ1n) is 11.5. The van der Waals surface area contributed by atoms with Crippen molar-refractivity contribution < 1.29 is 78.4 Å². The van der Waals surface area contributed by atoms with Gasteiger partial charge < -0.3 is 9.29 Å². The van der Waals surface area contributed by atoms with Gasteiger partial charge in [-0.05, 0) is 42.8 Å². The molecule has 0 unspecified atom stereocenters. The molecule has 2 aromatic rings. The van der Waals surface area contributed by atoms with Gasteiger partial charge in [0.05, 0.1) is 6.61 Å². The Hall–Kier alpha value is -1.75. The summed E-state index contributed by atoms with van der Waals surface area (Å²) < 4.78 is 144. The maximum absolute atomic E-state index is 12.2. The summed E-state index contributed by atoms with van der Waals surface area (Å²) in [5, 5.41) is -7.11. The predicted molar refractivity (Wildman–Crippen MR) is 120 cm³/mol. The summed E-state index contributed by atoms with van der Waals surface area (Å²) in [6, 6.07) is 19.4. The fourth-order valence-electron chi connectivity index (χ4n) is 2.79. The van der Waals surface area contributed by atoms with Gasteiger partial charge in [0.1, 0.15) is 5.75 Å². The number of hydrogen-bond donors (Lipinski definition) is 0. The minimum atomic E-state index is -7.43. The third-order valence-corrected chi connectivity index (χ3v) is 8.53. The fraction of sp³-hybridized carbons (Fsp3) is 0.500. The largest absolute Gasteiger partial charge is 0.743 e. The number of halogens is 10. The summed E-state index contributed by atoms with van der Waals surface area (Å²) in [6.07, 6.45) is 0.692. The molecule has 0 aliphatic heterocycles. The third-order valence-electron chi connectivity index (χ3n) is 4.96. The molecule has 0 atom stereocenters. The molecule has 2 rings (SSSR count). The standard InChI is InChI=1S/C20H26IO.C4HF9O3S/c1-2-3-4-5-6-10-17-22-20-15-13-19(14-16-20)21-18-11-8-7-9-12-18;5-1(6,3(9,10)11)2(7,8)4(12,13)17(14,15)16/h7-9,11-16H,2-6,10,17H2,1H3;(H,14,15,16)/q+1;/p-1. The minimum Gasteiger partial charge on any atom is -0.743 e. The summed E-state index contributed by atoms with van der Waals surface area (Å²) in [6.45, 7) is 3.10. The molecule has 0 aromatic heterocycles. The van der Waals surface area contributed by atoms with Gasteiger partial charge in [0.15, 0.2) is 17.3 Å². The number of unbranched alkanes of at least 4 members (excludes halogenated alkanes) is 5. The van der Waals surface area contributed by atoms with Crippen LogP contribution in [0, 0.1) is 7.14 Å². The zero-order valence-corrected chi connectivity index (χ0v) is 23.4. The molecule has 2 aromatic carbocycles. The van der Waals surface area contributed by atoms with E-state index in [1.807, 2.05) is 0 Å². The number of rotatable bonds is 13. The second-order valence-electron chi connectivity index (χ2n) is 8.08. The van der Waals surface area contributed by atoms with E-state index in [0.717, 1.165) is 12.4 Å². The summed E-state index contributed by atoms with van der Waals surface area (Å²) >= 11 is -0.0655. The van der Waals surface area contributed by atoms with E-state index >= 15 is 0 Å². The molecule has 39 heavy (non-hydrogen) atoms. The molecule has 0 bridgehead atoms. The highest BCUT2D eigenvalue weighted by Gasteiger charge is 2.83. The summed E-state index contributed by atoms with van der Waals surface area (Å²) in [5.41, 5.74) is 0. The number of benzene rings is 2. The van der Waals surface area contributed by atoms with Crippen LogP contribution in [-0.4, -0.2) is 42.9 Å². The lowest BCUT2D eigenvalue weighted by atomic mass is 10.1. The van der Waals surface area contributed by atoms with Gasteiger partial charge in [-0.25, -0.2) is 8.42 Å². The number of hydrogen-bond acceptors (Lipinski definition) is 4. The van der Waals surface area contributed by atoms with Crippen molar-refractivity contribution in [2.45, 2.75) is 68.7 Å². The van der Waals surface area contributed by atoms with Gasteiger partial charge in [-0.15, -0.1) is 0 Å². The van der Waals surface area contributed by atoms with Gasteiger partial charge in [0.25, 0.3) is 0 Å². The zero-order chi connectivity index (χ0) is 30.0. The molecule has 0 aliphatic rings. The SMILES string of the molecule is CCCCCCCCOc1ccc([I+]c2ccccc2)cc1.O=S(=O)([O-])C(F)(F)C(F)(F)C(F)(F)C(F)(F)F. The highest BCUT2D eigenvalue weighted by Crippen LogP contribution is 2.54. The molecule has 0 N–H and O–H groups in total. The van der Waals surface area contributed by atoms with Crippen molar-refractivity contribution in [1.29, 1.82) is 0 Å². The van der Waals surface area contributed by atoms with Crippen LogP contribution in [0.5, 0.6) is 5.75 Å². The molecule has 0 fully saturated rings. The molecule has 0 heterocycles. The van der Waals surface area contributed by atoms with Crippen molar-refractivity contribution in [2.24, 2.45) is 0 Å². The van der Waals surface area contributed by atoms with Gasteiger partial charge in [0.2, 0.25) is 0 Å². The third kappa shape index (κ3) is 9.99. The molecule has 15 heteroatoms. The van der Waals surface area contributed by atoms with Crippen LogP contribution in [0.25, 0.3) is 0 Å². The molecule has 0 amide bonds. The Bertz CT molecular complexity index is 1090. The second kappa shape index (κ2) is 14.8. The summed E-state index contributed by atoms with van der Waals surface area (Å²) in [4.78, 5) is 0. The summed E-state index contributed by atoms with van der Waals surface area (Å²) in [5.74, 6) is -13.8. The fourth-order valence-corrected chi connectivity index (χ4v) is 5.44. The van der Waals surface area contributed by atoms with Crippen LogP contribution in [0.3, 0.4) is 0 Å². The molecular formula is C24H26F9IO4S. The van der Waals surface area contributed by atoms with Crippen molar-refractivity contribution >= 4 is 10.1 Å². The zero-order valence-electron chi connectivity index (χ0n) is 20.5. The van der Waals surface area contributed by atoms with E-state index < -0.39 is 33.4 Å². The average molecular weight is 708 g/mol. The Morgan fingerprint density at radius 2 is 1.21 bits per heavy atom. The Morgan fingerprint density at radius 3 is 1.69 bits per heavy atom. The van der Waals surface area contributed by atoms with Crippen LogP contribution in [0.15, 0.2) is 54.6 Å². The van der Waals surface area contributed by atoms with Gasteiger partial charge >= 0.3 is 44.5 Å². The molecule has 0 saturated carbocycles. The second-order valence-corrected chi connectivity index (χ2v) is 12.5. The smallest absolute Gasteiger partial charge is 0.460 e. The van der Waals surface area contributed by atoms with Crippen molar-refractivity contribution in [3.05, 3.63) is 61.7 Å². The Labute approximate surface area is 230 Å². The van der Waals surface area contributed by atoms with E-state index in [4.69, 9.17) is 4.74 Å². The highest BCUT2D eigenvalue weighted by atomic mass is 127. The molecule has 222 valence electrons. The monoisotopic (exact) mass is 708 g/mol. The lowest BCUT2D eigenvalue weighted by Crippen LogP contribution is -3.61. The van der Waals surface area contributed by atoms with E-state index in [0.29, 0.717) is 0 Å². The van der Waals surface area contributed by atoms with Gasteiger partial charge in [0, 0.05) is 0 Å². The number of ether oxygens (including phenoxy) is 1. The Balaban J connectivity index is 0.000000406. The Kier molecular flexibility index (Phi) is 13.3. The highest BCUT2D eigenvalue weighted by molar-refractivity contribution is 7.86. The van der Waals surface area contributed by atoms with Gasteiger partial charge in [-0.1, -0.05) is 57.2 Å². The molecule has 0 spiro atoms. The quantitative estimate of drug-likeness (QED) is 0.133. The lowest BCUT2D eigenvalue weighted by Gasteiger charge is -2.34. The van der Waals surface area contributed by atoms with Crippen LogP contribution >= 0.6 is 0 Å². The van der Waals surface area contributed by atoms with Crippen LogP contribution in [0.1, 0.15) is 45.4 Å². The van der Waals surface area contributed by atoms with Crippen LogP contribution in [-0.2, 0) is 10.1 Å². The van der Waals surface area contributed by atoms with Gasteiger partial charge in [-0.2, -0.15) is 39.5 Å². The molecule has 0 aliphatic carbocycles. The summed E-state index contributed by atoms with van der Waals surface area (Å²) in [7, 11) is -7.42. The topological polar surface area (TPSA) is 66.4 Å². The first-order chi connectivity index (χ1) is 17.9. The normalized spacial score (nSPS) is 13.0. The van der Waals surface area contributed by atoms with Gasteiger partial charge in [-0.3, -0.25) is 0 Å². The van der Waals surface area contributed by atoms with Crippen molar-refractivity contribution in [2.75, 3.05) is 6.61 Å². The van der Waals surface area contributed by atoms with E-state index in [-0.39, 0.29) is 21.2 Å². The maximum Gasteiger partial charge on any atom is 0.460 e. The van der Waals surface area contributed by atoms with Crippen LogP contribution in [0.2, 0.25) is 0 Å². The van der Waals surface area contributed by atoms with Crippen molar-refractivity contribution in [1.82, 2.24) is 0 Å². The van der Waals surface area contributed by atoms with E-state index in [1.54, 1.807) is 0 Å². The van der Waals surface area contributed by atoms with Crippen LogP contribution < -0.4 is 25.9 Å². The van der Waals surface area contributed by atoms with E-state index in [2.05, 4.69) is 61.5 Å². The minimum absolute atomic E-state index is 0.0655. The van der Waals surface area contributed by atoms with Crippen LogP contribution in [0.4, 0.5) is 39.5 Å². The maximum atomic E-state index is 12.2. The predicted octanol–water partition coefficient (Wildman–Crippen LogP) is 4.51. The average Bonchev–Trinajstić information content (AvgIpc) is 2.84. The molecular weight excluding hydrogens is 682 g/mol. The molecule has 4 nitrogen and oxygen atoms in total. The lowest BCUT2D eigenvalue weighted by molar-refractivity contribution is -0.597. The Morgan fingerprint density at radius 1 is 0.718 bits per heavy atom. The first-order valence-corrected chi connectivity index (χ1v) is 15.0. The number of alkyl halides is 9. The molecule has 0 radical (unpaired) electrons. The first kappa shape index (κ1) is 35.3. The van der Waals surface area contributed by atoms with Crippen molar-refractivity contribution in [3.63, 3.8) is 0 Å².